The van der Waals surface area contributed by atoms with E-state index in [1.54, 1.807) is 30.3 Å². The third-order valence-corrected chi connectivity index (χ3v) is 6.86. The topological polar surface area (TPSA) is 85.9 Å². The van der Waals surface area contributed by atoms with Crippen molar-refractivity contribution in [1.82, 2.24) is 9.97 Å². The molecule has 2 aromatic heterocycles. The van der Waals surface area contributed by atoms with Crippen molar-refractivity contribution in [3.8, 4) is 32.3 Å². The molecule has 5 nitrogen and oxygen atoms in total. The van der Waals surface area contributed by atoms with Crippen LogP contribution in [-0.4, -0.2) is 24.6 Å². The highest BCUT2D eigenvalue weighted by atomic mass is 32.2. The van der Waals surface area contributed by atoms with Crippen LogP contribution in [0.4, 0.5) is 4.39 Å². The van der Waals surface area contributed by atoms with Gasteiger partial charge in [0.15, 0.2) is 9.84 Å². The highest BCUT2D eigenvalue weighted by Gasteiger charge is 2.17. The Balaban J connectivity index is 1.87. The van der Waals surface area contributed by atoms with Gasteiger partial charge in [0, 0.05) is 36.2 Å². The summed E-state index contributed by atoms with van der Waals surface area (Å²) in [6, 6.07) is 17.4. The van der Waals surface area contributed by atoms with E-state index >= 15 is 0 Å². The van der Waals surface area contributed by atoms with Crippen LogP contribution in [0.1, 0.15) is 5.56 Å². The van der Waals surface area contributed by atoms with Crippen LogP contribution in [0.3, 0.4) is 0 Å². The molecule has 8 heteroatoms. The molecule has 0 aliphatic carbocycles. The van der Waals surface area contributed by atoms with E-state index in [-0.39, 0.29) is 4.90 Å². The molecular weight excluding hydrogens is 421 g/mol. The fourth-order valence-electron chi connectivity index (χ4n) is 3.07. The van der Waals surface area contributed by atoms with Crippen molar-refractivity contribution in [2.75, 3.05) is 6.26 Å². The van der Waals surface area contributed by atoms with Gasteiger partial charge in [0.2, 0.25) is 5.95 Å². The molecule has 0 radical (unpaired) electrons. The predicted octanol–water partition coefficient (Wildman–Crippen LogP) is 4.54. The maximum Gasteiger partial charge on any atom is 0.213 e. The average molecular weight is 440 g/mol. The van der Waals surface area contributed by atoms with Gasteiger partial charge in [-0.2, -0.15) is 4.39 Å². The lowest BCUT2D eigenvalue weighted by Gasteiger charge is -2.05. The SMILES string of the molecule is CS(=O)(=O)c1ccc(-c2nc(-c3cccc(CN)c3)c(-c3ccnc(F)c3)s2)cc1. The second-order valence-electron chi connectivity index (χ2n) is 6.77. The number of nitrogens with zero attached hydrogens (tertiary/aromatic N) is 2. The highest BCUT2D eigenvalue weighted by molar-refractivity contribution is 7.90. The summed E-state index contributed by atoms with van der Waals surface area (Å²) in [5, 5.41) is 0.704. The van der Waals surface area contributed by atoms with Crippen LogP contribution in [0.15, 0.2) is 71.8 Å². The number of hydrogen-bond acceptors (Lipinski definition) is 6. The lowest BCUT2D eigenvalue weighted by molar-refractivity contribution is 0.584. The van der Waals surface area contributed by atoms with Gasteiger partial charge < -0.3 is 5.73 Å². The lowest BCUT2D eigenvalue weighted by atomic mass is 10.0. The number of benzene rings is 2. The van der Waals surface area contributed by atoms with Crippen LogP contribution in [-0.2, 0) is 16.4 Å². The third kappa shape index (κ3) is 4.16. The van der Waals surface area contributed by atoms with E-state index < -0.39 is 15.8 Å². The first kappa shape index (κ1) is 20.3. The van der Waals surface area contributed by atoms with Gasteiger partial charge in [-0.3, -0.25) is 0 Å². The van der Waals surface area contributed by atoms with E-state index in [4.69, 9.17) is 10.7 Å². The van der Waals surface area contributed by atoms with E-state index in [0.717, 1.165) is 21.6 Å². The Labute approximate surface area is 178 Å². The van der Waals surface area contributed by atoms with Gasteiger partial charge in [-0.15, -0.1) is 11.3 Å². The number of thiazole rings is 1. The Kier molecular flexibility index (Phi) is 5.46. The summed E-state index contributed by atoms with van der Waals surface area (Å²) < 4.78 is 37.3. The number of nitrogens with two attached hydrogens (primary N) is 1. The zero-order valence-electron chi connectivity index (χ0n) is 16.0. The Morgan fingerprint density at radius 1 is 1.00 bits per heavy atom. The zero-order chi connectivity index (χ0) is 21.3. The first-order valence-electron chi connectivity index (χ1n) is 9.08. The molecule has 0 fully saturated rings. The van der Waals surface area contributed by atoms with Crippen LogP contribution in [0.2, 0.25) is 0 Å². The largest absolute Gasteiger partial charge is 0.326 e. The Bertz CT molecular complexity index is 1320. The van der Waals surface area contributed by atoms with E-state index in [0.29, 0.717) is 22.8 Å². The highest BCUT2D eigenvalue weighted by Crippen LogP contribution is 2.40. The van der Waals surface area contributed by atoms with E-state index in [9.17, 15) is 12.8 Å². The summed E-state index contributed by atoms with van der Waals surface area (Å²) in [4.78, 5) is 9.49. The molecule has 0 amide bonds. The maximum atomic E-state index is 13.8. The minimum Gasteiger partial charge on any atom is -0.326 e. The summed E-state index contributed by atoms with van der Waals surface area (Å²) in [7, 11) is -3.28. The summed E-state index contributed by atoms with van der Waals surface area (Å²) in [5.74, 6) is -0.568. The normalized spacial score (nSPS) is 11.6. The molecule has 0 atom stereocenters. The minimum absolute atomic E-state index is 0.245. The van der Waals surface area contributed by atoms with Gasteiger partial charge in [0.05, 0.1) is 15.5 Å². The molecule has 2 aromatic carbocycles. The van der Waals surface area contributed by atoms with Crippen molar-refractivity contribution in [1.29, 1.82) is 0 Å². The summed E-state index contributed by atoms with van der Waals surface area (Å²) in [6.07, 6.45) is 2.59. The van der Waals surface area contributed by atoms with Crippen molar-refractivity contribution in [3.05, 3.63) is 78.4 Å². The molecule has 0 aliphatic heterocycles. The third-order valence-electron chi connectivity index (χ3n) is 4.58. The van der Waals surface area contributed by atoms with Crippen molar-refractivity contribution < 1.29 is 12.8 Å². The van der Waals surface area contributed by atoms with Gasteiger partial charge in [0.1, 0.15) is 5.01 Å². The molecular formula is C22H18FN3O2S2. The number of rotatable bonds is 5. The Morgan fingerprint density at radius 2 is 1.77 bits per heavy atom. The average Bonchev–Trinajstić information content (AvgIpc) is 3.19. The molecule has 0 unspecified atom stereocenters. The quantitative estimate of drug-likeness (QED) is 0.462. The molecule has 2 heterocycles. The molecule has 0 saturated carbocycles. The van der Waals surface area contributed by atoms with Crippen LogP contribution in [0.5, 0.6) is 0 Å². The second-order valence-corrected chi connectivity index (χ2v) is 9.78. The van der Waals surface area contributed by atoms with E-state index in [1.807, 2.05) is 24.3 Å². The number of pyridine rings is 1. The molecule has 2 N–H and O–H groups in total. The number of aromatic nitrogens is 2. The standard InChI is InChI=1S/C22H18FN3O2S2/c1-30(27,28)18-7-5-15(6-8-18)22-26-20(16-4-2-3-14(11-16)13-24)21(29-22)17-9-10-25-19(23)12-17/h2-12H,13,24H2,1H3. The van der Waals surface area contributed by atoms with Gasteiger partial charge in [0.25, 0.3) is 0 Å². The smallest absolute Gasteiger partial charge is 0.213 e. The predicted molar refractivity (Wildman–Crippen MR) is 117 cm³/mol. The Hall–Kier alpha value is -2.94. The van der Waals surface area contributed by atoms with E-state index in [2.05, 4.69) is 4.98 Å². The molecule has 0 bridgehead atoms. The van der Waals surface area contributed by atoms with Crippen molar-refractivity contribution in [2.24, 2.45) is 5.73 Å². The summed E-state index contributed by atoms with van der Waals surface area (Å²) in [6.45, 7) is 0.400. The number of halogens is 1. The molecule has 0 aliphatic rings. The van der Waals surface area contributed by atoms with E-state index in [1.165, 1.54) is 29.9 Å². The molecule has 152 valence electrons. The maximum absolute atomic E-state index is 13.8. The zero-order valence-corrected chi connectivity index (χ0v) is 17.7. The summed E-state index contributed by atoms with van der Waals surface area (Å²) >= 11 is 1.41. The van der Waals surface area contributed by atoms with Crippen molar-refractivity contribution in [3.63, 3.8) is 0 Å². The molecule has 30 heavy (non-hydrogen) atoms. The monoisotopic (exact) mass is 439 g/mol. The van der Waals surface area contributed by atoms with Crippen molar-refractivity contribution >= 4 is 21.2 Å². The van der Waals surface area contributed by atoms with Crippen LogP contribution < -0.4 is 5.73 Å². The lowest BCUT2D eigenvalue weighted by Crippen LogP contribution is -1.96. The van der Waals surface area contributed by atoms with Crippen LogP contribution in [0.25, 0.3) is 32.3 Å². The van der Waals surface area contributed by atoms with Crippen LogP contribution in [0, 0.1) is 5.95 Å². The summed E-state index contributed by atoms with van der Waals surface area (Å²) in [5.41, 5.74) is 9.79. The number of hydrogen-bond donors (Lipinski definition) is 1. The molecule has 4 rings (SSSR count). The molecule has 0 saturated heterocycles. The fraction of sp³-hybridized carbons (Fsp3) is 0.0909. The minimum atomic E-state index is -3.28. The molecule has 4 aromatic rings. The van der Waals surface area contributed by atoms with Gasteiger partial charge >= 0.3 is 0 Å². The van der Waals surface area contributed by atoms with Gasteiger partial charge in [-0.25, -0.2) is 18.4 Å². The van der Waals surface area contributed by atoms with Gasteiger partial charge in [-0.05, 0) is 35.4 Å². The number of sulfone groups is 1. The van der Waals surface area contributed by atoms with Gasteiger partial charge in [-0.1, -0.05) is 30.3 Å². The second kappa shape index (κ2) is 8.06. The van der Waals surface area contributed by atoms with Crippen molar-refractivity contribution in [2.45, 2.75) is 11.4 Å². The molecule has 0 spiro atoms. The fourth-order valence-corrected chi connectivity index (χ4v) is 4.79. The first-order valence-corrected chi connectivity index (χ1v) is 11.8. The Morgan fingerprint density at radius 3 is 2.43 bits per heavy atom. The van der Waals surface area contributed by atoms with Crippen LogP contribution >= 0.6 is 11.3 Å². The first-order chi connectivity index (χ1) is 14.3.